The van der Waals surface area contributed by atoms with Crippen LogP contribution in [0.25, 0.3) is 11.3 Å². The first-order valence-corrected chi connectivity index (χ1v) is 9.73. The van der Waals surface area contributed by atoms with Crippen molar-refractivity contribution < 1.29 is 13.6 Å². The van der Waals surface area contributed by atoms with Gasteiger partial charge in [0.05, 0.1) is 17.3 Å². The summed E-state index contributed by atoms with van der Waals surface area (Å²) in [7, 11) is 0. The third-order valence-corrected chi connectivity index (χ3v) is 5.08. The molecule has 1 fully saturated rings. The Morgan fingerprint density at radius 2 is 1.93 bits per heavy atom. The van der Waals surface area contributed by atoms with E-state index in [1.54, 1.807) is 41.4 Å². The SMILES string of the molecule is N#Cc1cccnc1N1CCN(C(=O)CCc2ncc(-c3ccccc3F)o2)CC1. The van der Waals surface area contributed by atoms with Gasteiger partial charge in [-0.1, -0.05) is 12.1 Å². The molecule has 7 nitrogen and oxygen atoms in total. The smallest absolute Gasteiger partial charge is 0.223 e. The number of rotatable bonds is 5. The number of carbonyl (C=O) groups is 1. The summed E-state index contributed by atoms with van der Waals surface area (Å²) in [4.78, 5) is 24.9. The average Bonchev–Trinajstić information content (AvgIpc) is 3.26. The summed E-state index contributed by atoms with van der Waals surface area (Å²) in [6.07, 6.45) is 3.77. The molecule has 2 aromatic heterocycles. The second-order valence-corrected chi connectivity index (χ2v) is 6.95. The molecular weight excluding hydrogens is 385 g/mol. The largest absolute Gasteiger partial charge is 0.441 e. The van der Waals surface area contributed by atoms with Gasteiger partial charge in [-0.3, -0.25) is 4.79 Å². The van der Waals surface area contributed by atoms with E-state index in [1.165, 1.54) is 12.3 Å². The number of aromatic nitrogens is 2. The van der Waals surface area contributed by atoms with Crippen LogP contribution in [0.5, 0.6) is 0 Å². The van der Waals surface area contributed by atoms with Gasteiger partial charge in [0.2, 0.25) is 5.91 Å². The molecule has 152 valence electrons. The van der Waals surface area contributed by atoms with Gasteiger partial charge in [-0.25, -0.2) is 14.4 Å². The maximum atomic E-state index is 13.9. The highest BCUT2D eigenvalue weighted by Crippen LogP contribution is 2.24. The Hall–Kier alpha value is -3.73. The van der Waals surface area contributed by atoms with Crippen LogP contribution < -0.4 is 4.90 Å². The minimum atomic E-state index is -0.374. The zero-order valence-corrected chi connectivity index (χ0v) is 16.3. The minimum absolute atomic E-state index is 0.0156. The highest BCUT2D eigenvalue weighted by molar-refractivity contribution is 5.76. The predicted octanol–water partition coefficient (Wildman–Crippen LogP) is 3.03. The van der Waals surface area contributed by atoms with Crippen LogP contribution in [0, 0.1) is 17.1 Å². The van der Waals surface area contributed by atoms with E-state index in [0.717, 1.165) is 0 Å². The van der Waals surface area contributed by atoms with Crippen LogP contribution in [0.1, 0.15) is 17.9 Å². The standard InChI is InChI=1S/C22H20FN5O2/c23-18-6-2-1-5-17(18)19-15-26-20(30-19)7-8-21(29)27-10-12-28(13-11-27)22-16(14-24)4-3-9-25-22/h1-6,9,15H,7-8,10-13H2. The fraction of sp³-hybridized carbons (Fsp3) is 0.273. The van der Waals surface area contributed by atoms with Crippen LogP contribution in [-0.2, 0) is 11.2 Å². The first-order chi connectivity index (χ1) is 14.7. The van der Waals surface area contributed by atoms with Crippen LogP contribution >= 0.6 is 0 Å². The fourth-order valence-electron chi connectivity index (χ4n) is 3.49. The molecule has 1 aliphatic rings. The lowest BCUT2D eigenvalue weighted by atomic mass is 10.2. The number of pyridine rings is 1. The number of hydrogen-bond acceptors (Lipinski definition) is 6. The molecule has 1 aliphatic heterocycles. The molecule has 0 N–H and O–H groups in total. The maximum Gasteiger partial charge on any atom is 0.223 e. The summed E-state index contributed by atoms with van der Waals surface area (Å²) in [5.41, 5.74) is 0.886. The maximum absolute atomic E-state index is 13.9. The second kappa shape index (κ2) is 8.74. The molecule has 0 radical (unpaired) electrons. The van der Waals surface area contributed by atoms with E-state index in [0.29, 0.717) is 61.2 Å². The van der Waals surface area contributed by atoms with Gasteiger partial charge in [0.15, 0.2) is 11.7 Å². The van der Waals surface area contributed by atoms with Gasteiger partial charge >= 0.3 is 0 Å². The third-order valence-electron chi connectivity index (χ3n) is 5.08. The molecule has 30 heavy (non-hydrogen) atoms. The van der Waals surface area contributed by atoms with Crippen molar-refractivity contribution in [1.29, 1.82) is 5.26 Å². The van der Waals surface area contributed by atoms with Crippen LogP contribution in [0.3, 0.4) is 0 Å². The minimum Gasteiger partial charge on any atom is -0.441 e. The number of nitrogens with zero attached hydrogens (tertiary/aromatic N) is 5. The van der Waals surface area contributed by atoms with E-state index in [9.17, 15) is 14.4 Å². The molecule has 8 heteroatoms. The monoisotopic (exact) mass is 405 g/mol. The number of amides is 1. The normalized spacial score (nSPS) is 13.9. The molecule has 0 unspecified atom stereocenters. The highest BCUT2D eigenvalue weighted by atomic mass is 19.1. The Kier molecular flexibility index (Phi) is 5.70. The molecule has 0 atom stereocenters. The van der Waals surface area contributed by atoms with E-state index in [2.05, 4.69) is 16.0 Å². The summed E-state index contributed by atoms with van der Waals surface area (Å²) >= 11 is 0. The summed E-state index contributed by atoms with van der Waals surface area (Å²) in [5.74, 6) is 1.07. The Morgan fingerprint density at radius 1 is 1.13 bits per heavy atom. The van der Waals surface area contributed by atoms with Crippen molar-refractivity contribution in [3.05, 3.63) is 66.1 Å². The van der Waals surface area contributed by atoms with Crippen molar-refractivity contribution in [1.82, 2.24) is 14.9 Å². The molecule has 1 aromatic carbocycles. The number of carbonyl (C=O) groups excluding carboxylic acids is 1. The lowest BCUT2D eigenvalue weighted by Gasteiger charge is -2.35. The third kappa shape index (κ3) is 4.15. The Balaban J connectivity index is 1.31. The van der Waals surface area contributed by atoms with E-state index in [-0.39, 0.29) is 18.1 Å². The van der Waals surface area contributed by atoms with Crippen molar-refractivity contribution in [2.45, 2.75) is 12.8 Å². The molecule has 3 heterocycles. The molecule has 0 bridgehead atoms. The van der Waals surface area contributed by atoms with Gasteiger partial charge in [0.25, 0.3) is 0 Å². The Bertz CT molecular complexity index is 1080. The topological polar surface area (TPSA) is 86.3 Å². The first-order valence-electron chi connectivity index (χ1n) is 9.73. The fourth-order valence-corrected chi connectivity index (χ4v) is 3.49. The van der Waals surface area contributed by atoms with Gasteiger partial charge in [-0.2, -0.15) is 5.26 Å². The van der Waals surface area contributed by atoms with Crippen LogP contribution in [0.15, 0.2) is 53.2 Å². The Labute approximate surface area is 173 Å². The lowest BCUT2D eigenvalue weighted by molar-refractivity contribution is -0.131. The molecule has 0 spiro atoms. The molecule has 0 saturated carbocycles. The average molecular weight is 405 g/mol. The summed E-state index contributed by atoms with van der Waals surface area (Å²) in [6, 6.07) is 12.0. The molecule has 1 saturated heterocycles. The van der Waals surface area contributed by atoms with Crippen LogP contribution in [0.2, 0.25) is 0 Å². The zero-order chi connectivity index (χ0) is 20.9. The summed E-state index contributed by atoms with van der Waals surface area (Å²) < 4.78 is 19.5. The lowest BCUT2D eigenvalue weighted by Crippen LogP contribution is -2.49. The number of aryl methyl sites for hydroxylation is 1. The highest BCUT2D eigenvalue weighted by Gasteiger charge is 2.23. The summed E-state index contributed by atoms with van der Waals surface area (Å²) in [6.45, 7) is 2.36. The number of anilines is 1. The van der Waals surface area contributed by atoms with Gasteiger partial charge < -0.3 is 14.2 Å². The molecule has 4 rings (SSSR count). The number of nitriles is 1. The van der Waals surface area contributed by atoms with Crippen molar-refractivity contribution in [3.63, 3.8) is 0 Å². The number of piperazine rings is 1. The van der Waals surface area contributed by atoms with Crippen molar-refractivity contribution >= 4 is 11.7 Å². The van der Waals surface area contributed by atoms with Crippen molar-refractivity contribution in [2.75, 3.05) is 31.1 Å². The summed E-state index contributed by atoms with van der Waals surface area (Å²) in [5, 5.41) is 9.24. The van der Waals surface area contributed by atoms with Gasteiger partial charge in [-0.15, -0.1) is 0 Å². The van der Waals surface area contributed by atoms with Crippen LogP contribution in [0.4, 0.5) is 10.2 Å². The predicted molar refractivity (Wildman–Crippen MR) is 108 cm³/mol. The van der Waals surface area contributed by atoms with E-state index in [1.807, 2.05) is 4.90 Å². The molecule has 0 aliphatic carbocycles. The van der Waals surface area contributed by atoms with E-state index in [4.69, 9.17) is 4.42 Å². The van der Waals surface area contributed by atoms with Crippen molar-refractivity contribution in [2.24, 2.45) is 0 Å². The number of hydrogen-bond donors (Lipinski definition) is 0. The quantitative estimate of drug-likeness (QED) is 0.649. The number of halogens is 1. The van der Waals surface area contributed by atoms with Crippen LogP contribution in [-0.4, -0.2) is 47.0 Å². The number of benzene rings is 1. The van der Waals surface area contributed by atoms with Gasteiger partial charge in [0.1, 0.15) is 17.7 Å². The van der Waals surface area contributed by atoms with Gasteiger partial charge in [0, 0.05) is 45.2 Å². The van der Waals surface area contributed by atoms with Gasteiger partial charge in [-0.05, 0) is 24.3 Å². The second-order valence-electron chi connectivity index (χ2n) is 6.95. The van der Waals surface area contributed by atoms with Crippen molar-refractivity contribution in [3.8, 4) is 17.4 Å². The van der Waals surface area contributed by atoms with E-state index >= 15 is 0 Å². The first kappa shape index (κ1) is 19.6. The number of oxazole rings is 1. The Morgan fingerprint density at radius 3 is 2.70 bits per heavy atom. The van der Waals surface area contributed by atoms with E-state index < -0.39 is 0 Å². The molecule has 1 amide bonds. The molecule has 3 aromatic rings. The zero-order valence-electron chi connectivity index (χ0n) is 16.3. The molecular formula is C22H20FN5O2.